The number of benzene rings is 1. The van der Waals surface area contributed by atoms with Crippen molar-refractivity contribution in [1.82, 2.24) is 0 Å². The molecule has 1 aromatic rings. The van der Waals surface area contributed by atoms with Gasteiger partial charge in [0, 0.05) is 25.5 Å². The van der Waals surface area contributed by atoms with Crippen LogP contribution >= 0.6 is 0 Å². The molecule has 0 aliphatic rings. The molecule has 0 aliphatic carbocycles. The van der Waals surface area contributed by atoms with Gasteiger partial charge in [-0.15, -0.1) is 5.92 Å². The van der Waals surface area contributed by atoms with E-state index in [4.69, 9.17) is 0 Å². The molecule has 0 saturated heterocycles. The third kappa shape index (κ3) is 2.60. The van der Waals surface area contributed by atoms with Gasteiger partial charge in [0.25, 0.3) is 5.69 Å². The van der Waals surface area contributed by atoms with E-state index in [9.17, 15) is 10.1 Å². The Labute approximate surface area is 76.5 Å². The van der Waals surface area contributed by atoms with Gasteiger partial charge < -0.3 is 0 Å². The van der Waals surface area contributed by atoms with Crippen LogP contribution in [0.2, 0.25) is 0 Å². The summed E-state index contributed by atoms with van der Waals surface area (Å²) in [5, 5.41) is 10.3. The maximum atomic E-state index is 10.3. The molecule has 65 valence electrons. The van der Waals surface area contributed by atoms with Gasteiger partial charge in [0.15, 0.2) is 0 Å². The van der Waals surface area contributed by atoms with Crippen molar-refractivity contribution in [2.24, 2.45) is 0 Å². The molecule has 0 bridgehead atoms. The van der Waals surface area contributed by atoms with Crippen molar-refractivity contribution < 1.29 is 4.92 Å². The van der Waals surface area contributed by atoms with Crippen LogP contribution in [0.15, 0.2) is 24.3 Å². The Morgan fingerprint density at radius 3 is 2.46 bits per heavy atom. The highest BCUT2D eigenvalue weighted by Gasteiger charge is 2.02. The smallest absolute Gasteiger partial charge is 0.258 e. The molecular weight excluding hydrogens is 166 g/mol. The van der Waals surface area contributed by atoms with E-state index >= 15 is 0 Å². The molecule has 0 spiro atoms. The van der Waals surface area contributed by atoms with Gasteiger partial charge in [-0.25, -0.2) is 0 Å². The van der Waals surface area contributed by atoms with Gasteiger partial charge in [-0.3, -0.25) is 10.1 Å². The van der Waals surface area contributed by atoms with Crippen LogP contribution in [0.1, 0.15) is 5.56 Å². The van der Waals surface area contributed by atoms with Crippen LogP contribution < -0.4 is 0 Å². The van der Waals surface area contributed by atoms with Gasteiger partial charge in [0.2, 0.25) is 0 Å². The summed E-state index contributed by atoms with van der Waals surface area (Å²) in [6.45, 7) is 3.38. The molecule has 1 rings (SSSR count). The predicted octanol–water partition coefficient (Wildman–Crippen LogP) is 1.97. The van der Waals surface area contributed by atoms with E-state index in [1.54, 1.807) is 12.1 Å². The summed E-state index contributed by atoms with van der Waals surface area (Å²) in [4.78, 5) is 9.87. The van der Waals surface area contributed by atoms with Crippen molar-refractivity contribution in [3.63, 3.8) is 0 Å². The van der Waals surface area contributed by atoms with Gasteiger partial charge in [-0.1, -0.05) is 18.1 Å². The van der Waals surface area contributed by atoms with Crippen LogP contribution in [0.4, 0.5) is 5.69 Å². The Kier molecular flexibility index (Phi) is 3.04. The second-order valence-electron chi connectivity index (χ2n) is 2.45. The van der Waals surface area contributed by atoms with Gasteiger partial charge in [-0.2, -0.15) is 0 Å². The number of nitrogens with zero attached hydrogens (tertiary/aromatic N) is 1. The van der Waals surface area contributed by atoms with E-state index in [-0.39, 0.29) is 5.69 Å². The Morgan fingerprint density at radius 2 is 2.00 bits per heavy atom. The number of hydrogen-bond donors (Lipinski definition) is 0. The molecule has 3 nitrogen and oxygen atoms in total. The summed E-state index contributed by atoms with van der Waals surface area (Å²) in [7, 11) is 0. The van der Waals surface area contributed by atoms with Crippen LogP contribution in [0.5, 0.6) is 0 Å². The van der Waals surface area contributed by atoms with E-state index in [0.29, 0.717) is 6.42 Å². The summed E-state index contributed by atoms with van der Waals surface area (Å²) in [5.41, 5.74) is 1.06. The van der Waals surface area contributed by atoms with Crippen LogP contribution in [0.3, 0.4) is 0 Å². The minimum Gasteiger partial charge on any atom is -0.258 e. The Balaban J connectivity index is 2.79. The predicted molar refractivity (Wildman–Crippen MR) is 49.9 cm³/mol. The molecule has 3 heteroatoms. The molecule has 0 heterocycles. The van der Waals surface area contributed by atoms with Crippen molar-refractivity contribution in [3.8, 4) is 11.8 Å². The Hall–Kier alpha value is -1.82. The summed E-state index contributed by atoms with van der Waals surface area (Å²) in [6.07, 6.45) is 0.585. The maximum absolute atomic E-state index is 10.3. The standard InChI is InChI=1S/C10H8NO2/c1-2-3-4-9-5-7-10(8-6-9)11(12)13/h5-8H,1,4H2. The van der Waals surface area contributed by atoms with Gasteiger partial charge in [0.05, 0.1) is 4.92 Å². The molecule has 0 amide bonds. The second kappa shape index (κ2) is 4.27. The average molecular weight is 174 g/mol. The molecule has 1 radical (unpaired) electrons. The number of non-ortho nitro benzene ring substituents is 1. The first-order valence-corrected chi connectivity index (χ1v) is 3.72. The molecule has 0 atom stereocenters. The zero-order chi connectivity index (χ0) is 9.68. The molecular formula is C10H8NO2. The fourth-order valence-corrected chi connectivity index (χ4v) is 0.900. The van der Waals surface area contributed by atoms with Crippen molar-refractivity contribution in [1.29, 1.82) is 0 Å². The monoisotopic (exact) mass is 174 g/mol. The molecule has 0 unspecified atom stereocenters. The van der Waals surface area contributed by atoms with Crippen LogP contribution in [-0.4, -0.2) is 4.92 Å². The van der Waals surface area contributed by atoms with E-state index in [1.165, 1.54) is 12.1 Å². The Bertz CT molecular complexity index is 357. The van der Waals surface area contributed by atoms with E-state index in [1.807, 2.05) is 0 Å². The summed E-state index contributed by atoms with van der Waals surface area (Å²) < 4.78 is 0. The van der Waals surface area contributed by atoms with E-state index in [0.717, 1.165) is 5.56 Å². The third-order valence-corrected chi connectivity index (χ3v) is 1.56. The summed E-state index contributed by atoms with van der Waals surface area (Å²) in [6, 6.07) is 6.34. The van der Waals surface area contributed by atoms with E-state index in [2.05, 4.69) is 18.8 Å². The zero-order valence-corrected chi connectivity index (χ0v) is 6.99. The lowest BCUT2D eigenvalue weighted by atomic mass is 10.1. The van der Waals surface area contributed by atoms with Crippen molar-refractivity contribution >= 4 is 5.69 Å². The SMILES string of the molecule is [CH2]C#CCc1ccc([N+](=O)[O-])cc1. The highest BCUT2D eigenvalue weighted by molar-refractivity contribution is 5.34. The van der Waals surface area contributed by atoms with Crippen LogP contribution in [0.25, 0.3) is 0 Å². The summed E-state index contributed by atoms with van der Waals surface area (Å²) >= 11 is 0. The number of nitro groups is 1. The zero-order valence-electron chi connectivity index (χ0n) is 6.99. The third-order valence-electron chi connectivity index (χ3n) is 1.56. The van der Waals surface area contributed by atoms with Crippen LogP contribution in [-0.2, 0) is 6.42 Å². The lowest BCUT2D eigenvalue weighted by molar-refractivity contribution is -0.384. The molecule has 1 aromatic carbocycles. The summed E-state index contributed by atoms with van der Waals surface area (Å²) in [5.74, 6) is 5.30. The highest BCUT2D eigenvalue weighted by atomic mass is 16.6. The minimum absolute atomic E-state index is 0.103. The molecule has 0 saturated carbocycles. The molecule has 0 fully saturated rings. The first-order chi connectivity index (χ1) is 6.24. The van der Waals surface area contributed by atoms with Gasteiger partial charge in [-0.05, 0) is 5.56 Å². The topological polar surface area (TPSA) is 43.1 Å². The molecule has 0 N–H and O–H groups in total. The normalized spacial score (nSPS) is 8.69. The molecule has 0 aliphatic heterocycles. The largest absolute Gasteiger partial charge is 0.269 e. The number of rotatable bonds is 2. The van der Waals surface area contributed by atoms with Crippen molar-refractivity contribution in [2.75, 3.05) is 0 Å². The first-order valence-electron chi connectivity index (χ1n) is 3.72. The van der Waals surface area contributed by atoms with Gasteiger partial charge >= 0.3 is 0 Å². The number of nitro benzene ring substituents is 1. The van der Waals surface area contributed by atoms with Crippen LogP contribution in [0, 0.1) is 28.9 Å². The second-order valence-corrected chi connectivity index (χ2v) is 2.45. The molecule has 0 aromatic heterocycles. The van der Waals surface area contributed by atoms with Crippen molar-refractivity contribution in [3.05, 3.63) is 46.9 Å². The van der Waals surface area contributed by atoms with Crippen molar-refractivity contribution in [2.45, 2.75) is 6.42 Å². The first kappa shape index (κ1) is 9.27. The maximum Gasteiger partial charge on any atom is 0.269 e. The lowest BCUT2D eigenvalue weighted by Crippen LogP contribution is -1.88. The average Bonchev–Trinajstić information content (AvgIpc) is 2.15. The fourth-order valence-electron chi connectivity index (χ4n) is 0.900. The quantitative estimate of drug-likeness (QED) is 0.391. The van der Waals surface area contributed by atoms with Gasteiger partial charge in [0.1, 0.15) is 0 Å². The number of hydrogen-bond acceptors (Lipinski definition) is 2. The molecule has 13 heavy (non-hydrogen) atoms. The lowest BCUT2D eigenvalue weighted by Gasteiger charge is -1.93. The minimum atomic E-state index is -0.420. The Morgan fingerprint density at radius 1 is 1.38 bits per heavy atom. The fraction of sp³-hybridized carbons (Fsp3) is 0.100. The highest BCUT2D eigenvalue weighted by Crippen LogP contribution is 2.11. The van der Waals surface area contributed by atoms with E-state index < -0.39 is 4.92 Å².